The second-order valence-corrected chi connectivity index (χ2v) is 7.93. The lowest BCUT2D eigenvalue weighted by Crippen LogP contribution is -2.20. The molecule has 7 nitrogen and oxygen atoms in total. The van der Waals surface area contributed by atoms with Gasteiger partial charge in [0.1, 0.15) is 28.6 Å². The van der Waals surface area contributed by atoms with Crippen molar-refractivity contribution in [3.63, 3.8) is 0 Å². The SMILES string of the molecule is Cc1cccc(NC(=O)/C(C#N)=C\c2c(Oc3ccc(C)cc3C)nc3ccccn3c2=O)c1. The number of hydrogen-bond donors (Lipinski definition) is 1. The van der Waals surface area contributed by atoms with Gasteiger partial charge in [0.25, 0.3) is 11.5 Å². The van der Waals surface area contributed by atoms with Crippen molar-refractivity contribution in [2.75, 3.05) is 5.32 Å². The van der Waals surface area contributed by atoms with Crippen LogP contribution in [0, 0.1) is 32.1 Å². The molecule has 1 N–H and O–H groups in total. The lowest BCUT2D eigenvalue weighted by Gasteiger charge is -2.12. The van der Waals surface area contributed by atoms with Crippen molar-refractivity contribution in [3.8, 4) is 17.7 Å². The Kier molecular flexibility index (Phi) is 6.24. The number of fused-ring (bicyclic) bond motifs is 1. The van der Waals surface area contributed by atoms with Gasteiger partial charge >= 0.3 is 0 Å². The molecule has 2 heterocycles. The number of carbonyl (C=O) groups is 1. The molecule has 1 amide bonds. The first-order valence-corrected chi connectivity index (χ1v) is 10.6. The number of hydrogen-bond acceptors (Lipinski definition) is 5. The molecule has 0 unspecified atom stereocenters. The van der Waals surface area contributed by atoms with Gasteiger partial charge in [0.05, 0.1) is 0 Å². The summed E-state index contributed by atoms with van der Waals surface area (Å²) in [6, 6.07) is 19.9. The van der Waals surface area contributed by atoms with Crippen LogP contribution in [0.2, 0.25) is 0 Å². The molecule has 0 bridgehead atoms. The Hall–Kier alpha value is -4.70. The Morgan fingerprint density at radius 2 is 1.85 bits per heavy atom. The fraction of sp³-hybridized carbons (Fsp3) is 0.111. The fourth-order valence-corrected chi connectivity index (χ4v) is 3.52. The van der Waals surface area contributed by atoms with Crippen LogP contribution in [0.5, 0.6) is 11.6 Å². The predicted octanol–water partition coefficient (Wildman–Crippen LogP) is 4.96. The van der Waals surface area contributed by atoms with E-state index in [0.29, 0.717) is 17.1 Å². The van der Waals surface area contributed by atoms with Crippen LogP contribution in [0.4, 0.5) is 5.69 Å². The molecule has 0 aliphatic rings. The number of benzene rings is 2. The molecule has 0 aliphatic carbocycles. The average Bonchev–Trinajstić information content (AvgIpc) is 2.81. The quantitative estimate of drug-likeness (QED) is 0.342. The number of nitrogens with one attached hydrogen (secondary N) is 1. The minimum Gasteiger partial charge on any atom is -0.438 e. The van der Waals surface area contributed by atoms with E-state index in [9.17, 15) is 14.9 Å². The van der Waals surface area contributed by atoms with Crippen LogP contribution in [0.3, 0.4) is 0 Å². The zero-order valence-corrected chi connectivity index (χ0v) is 19.0. The highest BCUT2D eigenvalue weighted by molar-refractivity contribution is 6.09. The van der Waals surface area contributed by atoms with Gasteiger partial charge in [0, 0.05) is 11.9 Å². The maximum atomic E-state index is 13.3. The largest absolute Gasteiger partial charge is 0.438 e. The summed E-state index contributed by atoms with van der Waals surface area (Å²) in [4.78, 5) is 30.6. The number of anilines is 1. The normalized spacial score (nSPS) is 11.2. The first-order valence-electron chi connectivity index (χ1n) is 10.6. The summed E-state index contributed by atoms with van der Waals surface area (Å²) in [6.07, 6.45) is 2.79. The Bertz CT molecular complexity index is 1540. The van der Waals surface area contributed by atoms with E-state index in [1.807, 2.05) is 45.0 Å². The second-order valence-electron chi connectivity index (χ2n) is 7.93. The third-order valence-corrected chi connectivity index (χ3v) is 5.20. The van der Waals surface area contributed by atoms with Gasteiger partial charge in [-0.3, -0.25) is 14.0 Å². The maximum Gasteiger partial charge on any atom is 0.269 e. The van der Waals surface area contributed by atoms with E-state index in [1.54, 1.807) is 48.7 Å². The minimum atomic E-state index is -0.636. The molecule has 2 aromatic heterocycles. The molecule has 168 valence electrons. The van der Waals surface area contributed by atoms with Crippen molar-refractivity contribution in [1.82, 2.24) is 9.38 Å². The molecule has 4 rings (SSSR count). The van der Waals surface area contributed by atoms with E-state index in [-0.39, 0.29) is 17.0 Å². The summed E-state index contributed by atoms with van der Waals surface area (Å²) < 4.78 is 7.37. The Morgan fingerprint density at radius 1 is 1.06 bits per heavy atom. The van der Waals surface area contributed by atoms with Gasteiger partial charge in [-0.05, 0) is 68.3 Å². The van der Waals surface area contributed by atoms with E-state index < -0.39 is 11.5 Å². The van der Waals surface area contributed by atoms with Gasteiger partial charge in [-0.25, -0.2) is 0 Å². The molecule has 0 atom stereocenters. The molecule has 0 saturated heterocycles. The highest BCUT2D eigenvalue weighted by Gasteiger charge is 2.18. The maximum absolute atomic E-state index is 13.3. The highest BCUT2D eigenvalue weighted by atomic mass is 16.5. The molecule has 4 aromatic rings. The van der Waals surface area contributed by atoms with Gasteiger partial charge in [-0.15, -0.1) is 0 Å². The van der Waals surface area contributed by atoms with Crippen molar-refractivity contribution in [1.29, 1.82) is 5.26 Å². The number of carbonyl (C=O) groups excluding carboxylic acids is 1. The minimum absolute atomic E-state index is 0.000354. The van der Waals surface area contributed by atoms with Crippen LogP contribution in [-0.2, 0) is 4.79 Å². The van der Waals surface area contributed by atoms with E-state index in [0.717, 1.165) is 16.7 Å². The summed E-state index contributed by atoms with van der Waals surface area (Å²) in [5, 5.41) is 12.4. The molecular formula is C27H22N4O3. The Labute approximate surface area is 196 Å². The first kappa shape index (κ1) is 22.5. The molecule has 0 spiro atoms. The molecule has 0 aliphatic heterocycles. The second kappa shape index (κ2) is 9.43. The fourth-order valence-electron chi connectivity index (χ4n) is 3.52. The monoisotopic (exact) mass is 450 g/mol. The van der Waals surface area contributed by atoms with E-state index in [4.69, 9.17) is 4.74 Å². The Morgan fingerprint density at radius 3 is 2.59 bits per heavy atom. The molecule has 0 saturated carbocycles. The summed E-state index contributed by atoms with van der Waals surface area (Å²) in [5.41, 5.74) is 3.11. The van der Waals surface area contributed by atoms with Crippen LogP contribution in [-0.4, -0.2) is 15.3 Å². The Balaban J connectivity index is 1.82. The predicted molar refractivity (Wildman–Crippen MR) is 131 cm³/mol. The number of rotatable bonds is 5. The lowest BCUT2D eigenvalue weighted by molar-refractivity contribution is -0.112. The average molecular weight is 450 g/mol. The number of amides is 1. The third kappa shape index (κ3) is 4.71. The molecule has 0 radical (unpaired) electrons. The van der Waals surface area contributed by atoms with Crippen LogP contribution in [0.15, 0.2) is 77.2 Å². The first-order chi connectivity index (χ1) is 16.4. The molecule has 2 aromatic carbocycles. The number of aromatic nitrogens is 2. The van der Waals surface area contributed by atoms with Crippen LogP contribution < -0.4 is 15.6 Å². The zero-order valence-electron chi connectivity index (χ0n) is 19.0. The van der Waals surface area contributed by atoms with Crippen molar-refractivity contribution in [2.45, 2.75) is 20.8 Å². The van der Waals surface area contributed by atoms with E-state index in [2.05, 4.69) is 10.3 Å². The smallest absolute Gasteiger partial charge is 0.269 e. The van der Waals surface area contributed by atoms with Crippen LogP contribution in [0.1, 0.15) is 22.3 Å². The summed E-state index contributed by atoms with van der Waals surface area (Å²) in [7, 11) is 0. The van der Waals surface area contributed by atoms with E-state index >= 15 is 0 Å². The molecule has 7 heteroatoms. The number of pyridine rings is 1. The number of nitrogens with zero attached hydrogens (tertiary/aromatic N) is 3. The standard InChI is InChI=1S/C27H22N4O3/c1-17-7-6-8-21(14-17)29-25(32)20(16-28)15-22-26(34-23-11-10-18(2)13-19(23)3)30-24-9-4-5-12-31(24)27(22)33/h4-15H,1-3H3,(H,29,32)/b20-15-. The highest BCUT2D eigenvalue weighted by Crippen LogP contribution is 2.27. The topological polar surface area (TPSA) is 96.5 Å². The van der Waals surface area contributed by atoms with Gasteiger partial charge in [-0.2, -0.15) is 10.2 Å². The van der Waals surface area contributed by atoms with Gasteiger partial charge in [-0.1, -0.05) is 35.9 Å². The van der Waals surface area contributed by atoms with Gasteiger partial charge < -0.3 is 10.1 Å². The van der Waals surface area contributed by atoms with E-state index in [1.165, 1.54) is 10.5 Å². The van der Waals surface area contributed by atoms with Gasteiger partial charge in [0.2, 0.25) is 5.88 Å². The summed E-state index contributed by atoms with van der Waals surface area (Å²) in [6.45, 7) is 5.76. The molecule has 34 heavy (non-hydrogen) atoms. The van der Waals surface area contributed by atoms with Gasteiger partial charge in [0.15, 0.2) is 0 Å². The van der Waals surface area contributed by atoms with Crippen molar-refractivity contribution >= 4 is 23.3 Å². The van der Waals surface area contributed by atoms with Crippen molar-refractivity contribution < 1.29 is 9.53 Å². The summed E-state index contributed by atoms with van der Waals surface area (Å²) in [5.74, 6) is -0.0995. The number of ether oxygens (including phenoxy) is 1. The third-order valence-electron chi connectivity index (χ3n) is 5.20. The number of aryl methyl sites for hydroxylation is 3. The van der Waals surface area contributed by atoms with Crippen LogP contribution >= 0.6 is 0 Å². The van der Waals surface area contributed by atoms with Crippen LogP contribution in [0.25, 0.3) is 11.7 Å². The summed E-state index contributed by atoms with van der Waals surface area (Å²) >= 11 is 0. The number of nitriles is 1. The van der Waals surface area contributed by atoms with Crippen molar-refractivity contribution in [3.05, 3.63) is 105 Å². The van der Waals surface area contributed by atoms with Crippen molar-refractivity contribution in [2.24, 2.45) is 0 Å². The zero-order chi connectivity index (χ0) is 24.2. The molecule has 0 fully saturated rings. The lowest BCUT2D eigenvalue weighted by atomic mass is 10.1. The molecular weight excluding hydrogens is 428 g/mol.